The Bertz CT molecular complexity index is 30.0. The molecule has 0 spiro atoms. The first-order valence-corrected chi connectivity index (χ1v) is 2.58. The molecule has 0 heterocycles. The van der Waals surface area contributed by atoms with E-state index >= 15 is 0 Å². The third-order valence-electron chi connectivity index (χ3n) is 0.192. The predicted octanol–water partition coefficient (Wildman–Crippen LogP) is 0.953. The van der Waals surface area contributed by atoms with Crippen LogP contribution in [0.2, 0.25) is 0 Å². The van der Waals surface area contributed by atoms with Crippen LogP contribution in [0.15, 0.2) is 0 Å². The van der Waals surface area contributed by atoms with Gasteiger partial charge in [-0.2, -0.15) is 0 Å². The molecule has 0 aromatic carbocycles. The van der Waals surface area contributed by atoms with Crippen LogP contribution in [0.4, 0.5) is 0 Å². The minimum absolute atomic E-state index is 0.398. The maximum atomic E-state index is 6.81. The lowest BCUT2D eigenvalue weighted by Crippen LogP contribution is -1.75. The van der Waals surface area contributed by atoms with Crippen LogP contribution in [0, 0.1) is 0 Å². The van der Waals surface area contributed by atoms with Gasteiger partial charge in [0, 0.05) is 7.11 Å². The molecule has 0 bridgehead atoms. The topological polar surface area (TPSA) is 9.23 Å². The average molecular weight is 94.2 g/mol. The van der Waals surface area contributed by atoms with Crippen LogP contribution in [-0.2, 0) is 4.74 Å². The normalized spacial score (nSPS) is 17.6. The van der Waals surface area contributed by atoms with Crippen molar-refractivity contribution in [1.29, 1.82) is 0 Å². The van der Waals surface area contributed by atoms with E-state index in [0.717, 1.165) is 0 Å². The number of methoxy groups -OCH3 is 1. The lowest BCUT2D eigenvalue weighted by molar-refractivity contribution is 0.259. The average Bonchev–Trinajstić information content (AvgIpc) is 1.65. The van der Waals surface area contributed by atoms with Gasteiger partial charge in [0.05, 0.1) is 7.29 Å². The molecule has 1 atom stereocenters. The number of ether oxygens (including phenoxy) is 1. The highest BCUT2D eigenvalue weighted by molar-refractivity contribution is 7.98. The summed E-state index contributed by atoms with van der Waals surface area (Å²) in [5.74, 6) is -0.398. The first-order chi connectivity index (χ1) is 2.81. The van der Waals surface area contributed by atoms with E-state index in [1.54, 1.807) is 0 Å². The summed E-state index contributed by atoms with van der Waals surface area (Å²) in [6, 6.07) is 0. The van der Waals surface area contributed by atoms with Gasteiger partial charge in [0.2, 0.25) is 0 Å². The van der Waals surface area contributed by atoms with Gasteiger partial charge in [-0.05, 0) is 6.26 Å². The zero-order chi connectivity index (χ0) is 4.99. The lowest BCUT2D eigenvalue weighted by atomic mass is 11.5. The molecule has 0 aromatic heterocycles. The molecule has 0 N–H and O–H groups in total. The van der Waals surface area contributed by atoms with Crippen LogP contribution in [-0.4, -0.2) is 19.3 Å². The Labute approximate surface area is 38.1 Å². The quantitative estimate of drug-likeness (QED) is 0.471. The summed E-state index contributed by atoms with van der Waals surface area (Å²) in [6.07, 6.45) is 1.83. The van der Waals surface area contributed by atoms with Crippen LogP contribution in [0.1, 0.15) is 1.37 Å². The van der Waals surface area contributed by atoms with Gasteiger partial charge in [0.1, 0.15) is 0 Å². The summed E-state index contributed by atoms with van der Waals surface area (Å²) in [4.78, 5) is 0. The van der Waals surface area contributed by atoms with E-state index in [9.17, 15) is 0 Å². The standard InChI is InChI=1S/C3H8OS/c1-4-3-5-2/h3H2,1-2H3/i3T. The molecule has 1 unspecified atom stereocenters. The van der Waals surface area contributed by atoms with Crippen molar-refractivity contribution in [3.63, 3.8) is 0 Å². The van der Waals surface area contributed by atoms with Crippen molar-refractivity contribution in [2.75, 3.05) is 19.3 Å². The third kappa shape index (κ3) is 4.31. The molecule has 5 heavy (non-hydrogen) atoms. The van der Waals surface area contributed by atoms with Crippen LogP contribution in [0.25, 0.3) is 0 Å². The van der Waals surface area contributed by atoms with E-state index in [1.165, 1.54) is 18.9 Å². The van der Waals surface area contributed by atoms with Crippen molar-refractivity contribution in [2.24, 2.45) is 0 Å². The Kier molecular flexibility index (Phi) is 3.02. The molecule has 0 radical (unpaired) electrons. The Hall–Kier alpha value is 0.310. The van der Waals surface area contributed by atoms with Crippen LogP contribution in [0.3, 0.4) is 0 Å². The largest absolute Gasteiger partial charge is 0.374 e. The molecule has 0 fully saturated rings. The molecule has 0 aliphatic carbocycles. The molecule has 2 heteroatoms. The molecular formula is C3H8OS. The van der Waals surface area contributed by atoms with Gasteiger partial charge >= 0.3 is 0 Å². The Morgan fingerprint density at radius 1 is 2.20 bits per heavy atom. The third-order valence-corrected chi connectivity index (χ3v) is 0.577. The summed E-state index contributed by atoms with van der Waals surface area (Å²) >= 11 is 1.37. The maximum Gasteiger partial charge on any atom is 0.0914 e. The fraction of sp³-hybridized carbons (Fsp3) is 1.00. The maximum absolute atomic E-state index is 6.81. The minimum Gasteiger partial charge on any atom is -0.374 e. The Morgan fingerprint density at radius 3 is 2.80 bits per heavy atom. The van der Waals surface area contributed by atoms with E-state index < -0.39 is 5.91 Å². The number of hydrogen-bond donors (Lipinski definition) is 0. The molecule has 0 aliphatic rings. The van der Waals surface area contributed by atoms with Crippen molar-refractivity contribution in [2.45, 2.75) is 0 Å². The molecule has 1 nitrogen and oxygen atoms in total. The van der Waals surface area contributed by atoms with E-state index in [2.05, 4.69) is 4.74 Å². The lowest BCUT2D eigenvalue weighted by Gasteiger charge is -1.84. The van der Waals surface area contributed by atoms with Crippen LogP contribution >= 0.6 is 11.8 Å². The fourth-order valence-electron chi connectivity index (χ4n) is 0.0962. The highest BCUT2D eigenvalue weighted by Gasteiger charge is 1.65. The van der Waals surface area contributed by atoms with Crippen molar-refractivity contribution >= 4 is 11.8 Å². The van der Waals surface area contributed by atoms with Crippen LogP contribution in [0.5, 0.6) is 0 Å². The predicted molar refractivity (Wildman–Crippen MR) is 25.4 cm³/mol. The highest BCUT2D eigenvalue weighted by Crippen LogP contribution is 1.86. The monoisotopic (exact) mass is 94.0 g/mol. The molecular weight excluding hydrogens is 84.1 g/mol. The second-order valence-corrected chi connectivity index (χ2v) is 1.23. The number of hydrogen-bond acceptors (Lipinski definition) is 2. The van der Waals surface area contributed by atoms with Gasteiger partial charge in [-0.15, -0.1) is 11.8 Å². The zero-order valence-corrected chi connectivity index (χ0v) is 4.21. The van der Waals surface area contributed by atoms with Gasteiger partial charge in [0.25, 0.3) is 0 Å². The van der Waals surface area contributed by atoms with Gasteiger partial charge in [-0.3, -0.25) is 0 Å². The van der Waals surface area contributed by atoms with Gasteiger partial charge in [-0.1, -0.05) is 0 Å². The summed E-state index contributed by atoms with van der Waals surface area (Å²) in [6.45, 7) is 0. The summed E-state index contributed by atoms with van der Waals surface area (Å²) in [7, 11) is 1.52. The second-order valence-electron chi connectivity index (χ2n) is 0.568. The van der Waals surface area contributed by atoms with Crippen molar-refractivity contribution in [3.05, 3.63) is 0 Å². The number of rotatable bonds is 2. The van der Waals surface area contributed by atoms with Gasteiger partial charge < -0.3 is 4.74 Å². The van der Waals surface area contributed by atoms with E-state index in [1.807, 2.05) is 6.26 Å². The summed E-state index contributed by atoms with van der Waals surface area (Å²) in [5.41, 5.74) is 0. The molecule has 0 rings (SSSR count). The molecule has 0 aliphatic heterocycles. The van der Waals surface area contributed by atoms with Crippen molar-refractivity contribution in [1.82, 2.24) is 0 Å². The summed E-state index contributed by atoms with van der Waals surface area (Å²) in [5, 5.41) is 0. The first kappa shape index (κ1) is 3.50. The fourth-order valence-corrected chi connectivity index (χ4v) is 0.289. The van der Waals surface area contributed by atoms with Crippen molar-refractivity contribution in [3.8, 4) is 0 Å². The smallest absolute Gasteiger partial charge is 0.0914 e. The van der Waals surface area contributed by atoms with Gasteiger partial charge in [-0.25, -0.2) is 0 Å². The highest BCUT2D eigenvalue weighted by atomic mass is 32.2. The number of thioether (sulfide) groups is 1. The molecule has 0 aromatic rings. The minimum atomic E-state index is -0.398. The molecule has 32 valence electrons. The summed E-state index contributed by atoms with van der Waals surface area (Å²) < 4.78 is 11.3. The second kappa shape index (κ2) is 4.31. The van der Waals surface area contributed by atoms with Crippen molar-refractivity contribution < 1.29 is 6.11 Å². The Balaban J connectivity index is 2.75. The van der Waals surface area contributed by atoms with E-state index in [-0.39, 0.29) is 0 Å². The van der Waals surface area contributed by atoms with E-state index in [0.29, 0.717) is 0 Å². The van der Waals surface area contributed by atoms with E-state index in [4.69, 9.17) is 1.37 Å². The zero-order valence-electron chi connectivity index (χ0n) is 4.39. The molecule has 0 amide bonds. The first-order valence-electron chi connectivity index (χ1n) is 1.87. The van der Waals surface area contributed by atoms with Crippen LogP contribution < -0.4 is 0 Å². The molecule has 0 saturated carbocycles. The SMILES string of the molecule is [3H]C(OC)SC. The molecule has 0 saturated heterocycles. The van der Waals surface area contributed by atoms with Gasteiger partial charge in [0.15, 0.2) is 0 Å². The Morgan fingerprint density at radius 2 is 2.80 bits per heavy atom.